The fraction of sp³-hybridized carbons (Fsp3) is 0.179. The van der Waals surface area contributed by atoms with Crippen LogP contribution in [0.4, 0.5) is 5.69 Å². The average Bonchev–Trinajstić information content (AvgIpc) is 3.52. The Balaban J connectivity index is 1.46. The molecule has 8 heteroatoms. The standard InChI is InChI=1S/C28H26N8/c1-4-17-8-19(10-21(9-17)32-16(2)3)20-11-22-26(35-36-27(22)31-13-20)28-33-24-15-30-14-23(25(24)34-28)18-6-5-7-29-12-18/h5-16,32H,4H2,1-3H3,(H,33,34)(H,31,35,36). The van der Waals surface area contributed by atoms with Gasteiger partial charge in [0, 0.05) is 53.2 Å². The van der Waals surface area contributed by atoms with Crippen LogP contribution in [-0.2, 0) is 6.42 Å². The first kappa shape index (κ1) is 21.9. The molecule has 1 aromatic carbocycles. The van der Waals surface area contributed by atoms with Crippen molar-refractivity contribution in [2.75, 3.05) is 5.32 Å². The van der Waals surface area contributed by atoms with E-state index in [-0.39, 0.29) is 0 Å². The van der Waals surface area contributed by atoms with Crippen molar-refractivity contribution >= 4 is 27.8 Å². The number of nitrogens with zero attached hydrogens (tertiary/aromatic N) is 5. The van der Waals surface area contributed by atoms with Crippen molar-refractivity contribution in [3.8, 4) is 33.8 Å². The zero-order chi connectivity index (χ0) is 24.6. The molecule has 0 aliphatic heterocycles. The Morgan fingerprint density at radius 1 is 0.944 bits per heavy atom. The summed E-state index contributed by atoms with van der Waals surface area (Å²) in [6.07, 6.45) is 10.0. The third-order valence-corrected chi connectivity index (χ3v) is 6.20. The summed E-state index contributed by atoms with van der Waals surface area (Å²) in [4.78, 5) is 21.6. The maximum Gasteiger partial charge on any atom is 0.181 e. The van der Waals surface area contributed by atoms with Gasteiger partial charge in [0.05, 0.1) is 17.1 Å². The van der Waals surface area contributed by atoms with Gasteiger partial charge in [0.25, 0.3) is 0 Å². The smallest absolute Gasteiger partial charge is 0.181 e. The highest BCUT2D eigenvalue weighted by molar-refractivity contribution is 5.96. The molecule has 36 heavy (non-hydrogen) atoms. The van der Waals surface area contributed by atoms with Crippen molar-refractivity contribution in [1.82, 2.24) is 35.1 Å². The van der Waals surface area contributed by atoms with Gasteiger partial charge in [0.1, 0.15) is 11.2 Å². The van der Waals surface area contributed by atoms with Gasteiger partial charge in [-0.25, -0.2) is 9.97 Å². The summed E-state index contributed by atoms with van der Waals surface area (Å²) in [6, 6.07) is 13.0. The SMILES string of the molecule is CCc1cc(NC(C)C)cc(-c2cnc3n[nH]c(-c4nc5c(-c6cccnc6)cncc5[nH]4)c3c2)c1. The molecule has 6 aromatic rings. The zero-order valence-electron chi connectivity index (χ0n) is 20.4. The second kappa shape index (κ2) is 8.88. The highest BCUT2D eigenvalue weighted by Gasteiger charge is 2.17. The lowest BCUT2D eigenvalue weighted by atomic mass is 10.0. The minimum atomic E-state index is 0.352. The number of fused-ring (bicyclic) bond motifs is 2. The molecule has 3 N–H and O–H groups in total. The molecule has 0 fully saturated rings. The molecular formula is C28H26N8. The summed E-state index contributed by atoms with van der Waals surface area (Å²) in [5.41, 5.74) is 9.54. The summed E-state index contributed by atoms with van der Waals surface area (Å²) >= 11 is 0. The monoisotopic (exact) mass is 474 g/mol. The van der Waals surface area contributed by atoms with Crippen LogP contribution in [0.5, 0.6) is 0 Å². The van der Waals surface area contributed by atoms with E-state index in [9.17, 15) is 0 Å². The Morgan fingerprint density at radius 3 is 2.67 bits per heavy atom. The number of hydrogen-bond acceptors (Lipinski definition) is 6. The van der Waals surface area contributed by atoms with E-state index in [4.69, 9.17) is 4.98 Å². The maximum atomic E-state index is 4.93. The van der Waals surface area contributed by atoms with E-state index in [0.717, 1.165) is 56.5 Å². The minimum absolute atomic E-state index is 0.352. The number of aryl methyl sites for hydroxylation is 1. The highest BCUT2D eigenvalue weighted by atomic mass is 15.2. The van der Waals surface area contributed by atoms with Crippen LogP contribution in [0.3, 0.4) is 0 Å². The average molecular weight is 475 g/mol. The second-order valence-corrected chi connectivity index (χ2v) is 9.18. The topological polar surface area (TPSA) is 108 Å². The Bertz CT molecular complexity index is 1680. The normalized spacial score (nSPS) is 11.6. The molecule has 0 aliphatic rings. The van der Waals surface area contributed by atoms with Gasteiger partial charge in [-0.2, -0.15) is 5.10 Å². The second-order valence-electron chi connectivity index (χ2n) is 9.18. The van der Waals surface area contributed by atoms with E-state index in [2.05, 4.69) is 80.5 Å². The van der Waals surface area contributed by atoms with Crippen LogP contribution in [0.2, 0.25) is 0 Å². The first-order chi connectivity index (χ1) is 17.6. The molecule has 0 saturated heterocycles. The van der Waals surface area contributed by atoms with Gasteiger partial charge in [-0.1, -0.05) is 19.1 Å². The summed E-state index contributed by atoms with van der Waals surface area (Å²) in [5, 5.41) is 12.0. The van der Waals surface area contributed by atoms with E-state index in [1.807, 2.05) is 30.7 Å². The van der Waals surface area contributed by atoms with E-state index < -0.39 is 0 Å². The number of imidazole rings is 1. The van der Waals surface area contributed by atoms with Gasteiger partial charge in [-0.3, -0.25) is 15.1 Å². The number of nitrogens with one attached hydrogen (secondary N) is 3. The highest BCUT2D eigenvalue weighted by Crippen LogP contribution is 2.33. The van der Waals surface area contributed by atoms with E-state index in [0.29, 0.717) is 17.5 Å². The Kier molecular flexibility index (Phi) is 5.41. The van der Waals surface area contributed by atoms with Gasteiger partial charge >= 0.3 is 0 Å². The lowest BCUT2D eigenvalue weighted by Gasteiger charge is -2.13. The summed E-state index contributed by atoms with van der Waals surface area (Å²) in [6.45, 7) is 6.46. The van der Waals surface area contributed by atoms with E-state index in [1.54, 1.807) is 12.4 Å². The lowest BCUT2D eigenvalue weighted by molar-refractivity contribution is 0.899. The molecule has 178 valence electrons. The zero-order valence-corrected chi connectivity index (χ0v) is 20.4. The van der Waals surface area contributed by atoms with Gasteiger partial charge < -0.3 is 10.3 Å². The van der Waals surface area contributed by atoms with Crippen molar-refractivity contribution in [2.24, 2.45) is 0 Å². The number of aromatic nitrogens is 7. The number of H-pyrrole nitrogens is 2. The number of rotatable bonds is 6. The van der Waals surface area contributed by atoms with Crippen LogP contribution in [0.25, 0.3) is 55.8 Å². The van der Waals surface area contributed by atoms with Crippen LogP contribution in [0, 0.1) is 0 Å². The molecule has 0 saturated carbocycles. The molecule has 6 rings (SSSR count). The largest absolute Gasteiger partial charge is 0.383 e. The van der Waals surface area contributed by atoms with Crippen LogP contribution in [0.1, 0.15) is 26.3 Å². The van der Waals surface area contributed by atoms with Gasteiger partial charge in [-0.15, -0.1) is 0 Å². The van der Waals surface area contributed by atoms with E-state index >= 15 is 0 Å². The number of anilines is 1. The van der Waals surface area contributed by atoms with Crippen molar-refractivity contribution in [3.63, 3.8) is 0 Å². The molecule has 0 unspecified atom stereocenters. The predicted octanol–water partition coefficient (Wildman–Crippen LogP) is 6.01. The fourth-order valence-corrected chi connectivity index (χ4v) is 4.50. The van der Waals surface area contributed by atoms with Crippen molar-refractivity contribution in [1.29, 1.82) is 0 Å². The van der Waals surface area contributed by atoms with Crippen molar-refractivity contribution in [2.45, 2.75) is 33.2 Å². The molecule has 0 amide bonds. The molecule has 0 atom stereocenters. The Labute approximate surface area is 208 Å². The molecule has 0 spiro atoms. The number of benzene rings is 1. The molecular weight excluding hydrogens is 448 g/mol. The van der Waals surface area contributed by atoms with Gasteiger partial charge in [0.2, 0.25) is 0 Å². The molecule has 5 heterocycles. The number of pyridine rings is 3. The number of hydrogen-bond donors (Lipinski definition) is 3. The molecule has 0 radical (unpaired) electrons. The molecule has 5 aromatic heterocycles. The summed E-state index contributed by atoms with van der Waals surface area (Å²) in [5.74, 6) is 0.689. The quantitative estimate of drug-likeness (QED) is 0.273. The number of aromatic amines is 2. The molecule has 0 bridgehead atoms. The van der Waals surface area contributed by atoms with Crippen molar-refractivity contribution in [3.05, 3.63) is 72.9 Å². The Hall–Kier alpha value is -4.59. The minimum Gasteiger partial charge on any atom is -0.383 e. The first-order valence-corrected chi connectivity index (χ1v) is 12.1. The predicted molar refractivity (Wildman–Crippen MR) is 144 cm³/mol. The van der Waals surface area contributed by atoms with Crippen LogP contribution in [0.15, 0.2) is 67.4 Å². The van der Waals surface area contributed by atoms with Crippen LogP contribution < -0.4 is 5.32 Å². The van der Waals surface area contributed by atoms with Gasteiger partial charge in [0.15, 0.2) is 11.5 Å². The molecule has 8 nitrogen and oxygen atoms in total. The Morgan fingerprint density at radius 2 is 1.86 bits per heavy atom. The van der Waals surface area contributed by atoms with Crippen LogP contribution >= 0.6 is 0 Å². The summed E-state index contributed by atoms with van der Waals surface area (Å²) < 4.78 is 0. The first-order valence-electron chi connectivity index (χ1n) is 12.1. The van der Waals surface area contributed by atoms with E-state index in [1.165, 1.54) is 5.56 Å². The fourth-order valence-electron chi connectivity index (χ4n) is 4.50. The lowest BCUT2D eigenvalue weighted by Crippen LogP contribution is -2.09. The van der Waals surface area contributed by atoms with Crippen LogP contribution in [-0.4, -0.2) is 41.2 Å². The van der Waals surface area contributed by atoms with Gasteiger partial charge in [-0.05, 0) is 55.7 Å². The molecule has 0 aliphatic carbocycles. The summed E-state index contributed by atoms with van der Waals surface area (Å²) in [7, 11) is 0. The third-order valence-electron chi connectivity index (χ3n) is 6.20. The van der Waals surface area contributed by atoms with Crippen molar-refractivity contribution < 1.29 is 0 Å². The third kappa shape index (κ3) is 3.96. The maximum absolute atomic E-state index is 4.93.